The van der Waals surface area contributed by atoms with E-state index in [0.717, 1.165) is 25.1 Å². The quantitative estimate of drug-likeness (QED) is 0.813. The lowest BCUT2D eigenvalue weighted by molar-refractivity contribution is -0.122. The lowest BCUT2D eigenvalue weighted by Crippen LogP contribution is -2.37. The van der Waals surface area contributed by atoms with Crippen LogP contribution in [0.15, 0.2) is 24.3 Å². The summed E-state index contributed by atoms with van der Waals surface area (Å²) in [4.78, 5) is 14.0. The molecule has 21 heavy (non-hydrogen) atoms. The van der Waals surface area contributed by atoms with Crippen molar-refractivity contribution in [1.82, 2.24) is 10.2 Å². The van der Waals surface area contributed by atoms with Gasteiger partial charge in [0.15, 0.2) is 0 Å². The van der Waals surface area contributed by atoms with Crippen LogP contribution in [0.1, 0.15) is 31.4 Å². The van der Waals surface area contributed by atoms with Crippen molar-refractivity contribution in [1.29, 1.82) is 0 Å². The molecule has 1 heterocycles. The molecule has 1 aliphatic heterocycles. The van der Waals surface area contributed by atoms with Gasteiger partial charge in [0.05, 0.1) is 19.7 Å². The van der Waals surface area contributed by atoms with E-state index in [0.29, 0.717) is 25.7 Å². The fourth-order valence-electron chi connectivity index (χ4n) is 2.74. The number of likely N-dealkylation sites (tertiary alicyclic amines) is 1. The molecule has 1 atom stereocenters. The van der Waals surface area contributed by atoms with Crippen molar-refractivity contribution < 1.29 is 9.53 Å². The predicted molar refractivity (Wildman–Crippen MR) is 83.0 cm³/mol. The van der Waals surface area contributed by atoms with Crippen LogP contribution >= 0.6 is 0 Å². The summed E-state index contributed by atoms with van der Waals surface area (Å²) in [6.45, 7) is 4.28. The van der Waals surface area contributed by atoms with Gasteiger partial charge >= 0.3 is 0 Å². The summed E-state index contributed by atoms with van der Waals surface area (Å²) in [7, 11) is 0. The summed E-state index contributed by atoms with van der Waals surface area (Å²) in [5.74, 6) is 3.30. The van der Waals surface area contributed by atoms with Crippen LogP contribution in [0.2, 0.25) is 0 Å². The van der Waals surface area contributed by atoms with Gasteiger partial charge in [0.2, 0.25) is 5.91 Å². The van der Waals surface area contributed by atoms with Gasteiger partial charge in [-0.2, -0.15) is 0 Å². The Hall–Kier alpha value is -1.99. The number of carbonyl (C=O) groups excluding carboxylic acids is 1. The van der Waals surface area contributed by atoms with E-state index in [9.17, 15) is 4.79 Å². The molecule has 0 spiro atoms. The highest BCUT2D eigenvalue weighted by molar-refractivity contribution is 5.78. The molecule has 1 saturated heterocycles. The van der Waals surface area contributed by atoms with Crippen LogP contribution < -0.4 is 10.1 Å². The molecule has 0 bridgehead atoms. The predicted octanol–water partition coefficient (Wildman–Crippen LogP) is 1.97. The molecule has 112 valence electrons. The Kier molecular flexibility index (Phi) is 5.65. The molecule has 4 heteroatoms. The van der Waals surface area contributed by atoms with Gasteiger partial charge in [-0.25, -0.2) is 0 Å². The highest BCUT2D eigenvalue weighted by Gasteiger charge is 2.27. The third-order valence-electron chi connectivity index (χ3n) is 3.67. The second-order valence-corrected chi connectivity index (χ2v) is 5.11. The molecular weight excluding hydrogens is 264 g/mol. The number of hydrogen-bond acceptors (Lipinski definition) is 3. The van der Waals surface area contributed by atoms with Crippen LogP contribution in [-0.2, 0) is 4.79 Å². The van der Waals surface area contributed by atoms with Crippen LogP contribution in [-0.4, -0.2) is 37.0 Å². The average Bonchev–Trinajstić information content (AvgIpc) is 2.94. The molecule has 1 aliphatic rings. The van der Waals surface area contributed by atoms with Crippen molar-refractivity contribution in [3.63, 3.8) is 0 Å². The van der Waals surface area contributed by atoms with E-state index in [1.54, 1.807) is 0 Å². The number of ether oxygens (including phenoxy) is 1. The summed E-state index contributed by atoms with van der Waals surface area (Å²) in [5.41, 5.74) is 1.24. The fourth-order valence-corrected chi connectivity index (χ4v) is 2.74. The van der Waals surface area contributed by atoms with Gasteiger partial charge in [-0.3, -0.25) is 9.69 Å². The molecule has 1 fully saturated rings. The Bertz CT molecular complexity index is 505. The molecule has 1 aromatic carbocycles. The Labute approximate surface area is 126 Å². The van der Waals surface area contributed by atoms with Crippen LogP contribution in [0.3, 0.4) is 0 Å². The standard InChI is InChI=1S/C17H22N2O2/c1-3-11-18-17(20)13-19-12-5-6-16(19)14-7-9-15(10-8-14)21-4-2/h1,7-10,16H,4-6,11-13H2,2H3,(H,18,20). The van der Waals surface area contributed by atoms with Crippen molar-refractivity contribution in [2.75, 3.05) is 26.2 Å². The zero-order chi connectivity index (χ0) is 15.1. The number of hydrogen-bond donors (Lipinski definition) is 1. The first-order valence-electron chi connectivity index (χ1n) is 7.41. The Morgan fingerprint density at radius 1 is 1.48 bits per heavy atom. The maximum atomic E-state index is 11.8. The van der Waals surface area contributed by atoms with E-state index in [2.05, 4.69) is 28.3 Å². The molecule has 1 amide bonds. The first-order valence-corrected chi connectivity index (χ1v) is 7.41. The third kappa shape index (κ3) is 4.24. The normalized spacial score (nSPS) is 18.2. The maximum absolute atomic E-state index is 11.8. The minimum absolute atomic E-state index is 0.00853. The van der Waals surface area contributed by atoms with E-state index in [1.807, 2.05) is 19.1 Å². The smallest absolute Gasteiger partial charge is 0.234 e. The van der Waals surface area contributed by atoms with E-state index in [1.165, 1.54) is 5.56 Å². The topological polar surface area (TPSA) is 41.6 Å². The number of carbonyl (C=O) groups is 1. The van der Waals surface area contributed by atoms with Gasteiger partial charge in [-0.05, 0) is 44.0 Å². The monoisotopic (exact) mass is 286 g/mol. The zero-order valence-corrected chi connectivity index (χ0v) is 12.5. The van der Waals surface area contributed by atoms with Gasteiger partial charge in [0.1, 0.15) is 5.75 Å². The van der Waals surface area contributed by atoms with Crippen molar-refractivity contribution in [2.45, 2.75) is 25.8 Å². The van der Waals surface area contributed by atoms with Crippen molar-refractivity contribution >= 4 is 5.91 Å². The van der Waals surface area contributed by atoms with Gasteiger partial charge in [-0.1, -0.05) is 18.1 Å². The summed E-state index contributed by atoms with van der Waals surface area (Å²) < 4.78 is 5.46. The third-order valence-corrected chi connectivity index (χ3v) is 3.67. The average molecular weight is 286 g/mol. The lowest BCUT2D eigenvalue weighted by atomic mass is 10.0. The van der Waals surface area contributed by atoms with Gasteiger partial charge in [-0.15, -0.1) is 6.42 Å². The Morgan fingerprint density at radius 3 is 2.90 bits per heavy atom. The lowest BCUT2D eigenvalue weighted by Gasteiger charge is -2.24. The van der Waals surface area contributed by atoms with E-state index in [4.69, 9.17) is 11.2 Å². The molecule has 1 aromatic rings. The summed E-state index contributed by atoms with van der Waals surface area (Å²) in [6, 6.07) is 8.47. The summed E-state index contributed by atoms with van der Waals surface area (Å²) in [5, 5.41) is 2.72. The minimum atomic E-state index is -0.00853. The second kappa shape index (κ2) is 7.70. The Balaban J connectivity index is 1.97. The summed E-state index contributed by atoms with van der Waals surface area (Å²) in [6.07, 6.45) is 7.34. The number of terminal acetylenes is 1. The van der Waals surface area contributed by atoms with Crippen molar-refractivity contribution in [3.05, 3.63) is 29.8 Å². The van der Waals surface area contributed by atoms with Crippen LogP contribution in [0.5, 0.6) is 5.75 Å². The van der Waals surface area contributed by atoms with E-state index < -0.39 is 0 Å². The number of nitrogens with zero attached hydrogens (tertiary/aromatic N) is 1. The number of benzene rings is 1. The maximum Gasteiger partial charge on any atom is 0.234 e. The molecule has 0 saturated carbocycles. The number of amides is 1. The SMILES string of the molecule is C#CCNC(=O)CN1CCCC1c1ccc(OCC)cc1. The van der Waals surface area contributed by atoms with Gasteiger partial charge in [0.25, 0.3) is 0 Å². The van der Waals surface area contributed by atoms with Crippen LogP contribution in [0.25, 0.3) is 0 Å². The largest absolute Gasteiger partial charge is 0.494 e. The van der Waals surface area contributed by atoms with Crippen molar-refractivity contribution in [3.8, 4) is 18.1 Å². The first kappa shape index (κ1) is 15.4. The molecular formula is C17H22N2O2. The van der Waals surface area contributed by atoms with Crippen molar-refractivity contribution in [2.24, 2.45) is 0 Å². The molecule has 0 radical (unpaired) electrons. The molecule has 4 nitrogen and oxygen atoms in total. The number of nitrogens with one attached hydrogen (secondary N) is 1. The van der Waals surface area contributed by atoms with E-state index >= 15 is 0 Å². The van der Waals surface area contributed by atoms with E-state index in [-0.39, 0.29) is 5.91 Å². The molecule has 0 aliphatic carbocycles. The molecule has 0 aromatic heterocycles. The zero-order valence-electron chi connectivity index (χ0n) is 12.5. The minimum Gasteiger partial charge on any atom is -0.494 e. The number of rotatable bonds is 6. The highest BCUT2D eigenvalue weighted by Crippen LogP contribution is 2.32. The molecule has 2 rings (SSSR count). The summed E-state index contributed by atoms with van der Waals surface area (Å²) >= 11 is 0. The van der Waals surface area contributed by atoms with Gasteiger partial charge in [0, 0.05) is 6.04 Å². The fraction of sp³-hybridized carbons (Fsp3) is 0.471. The Morgan fingerprint density at radius 2 is 2.24 bits per heavy atom. The molecule has 1 N–H and O–H groups in total. The molecule has 1 unspecified atom stereocenters. The van der Waals surface area contributed by atoms with Crippen LogP contribution in [0, 0.1) is 12.3 Å². The second-order valence-electron chi connectivity index (χ2n) is 5.11. The first-order chi connectivity index (χ1) is 10.2. The van der Waals surface area contributed by atoms with Gasteiger partial charge < -0.3 is 10.1 Å². The highest BCUT2D eigenvalue weighted by atomic mass is 16.5. The van der Waals surface area contributed by atoms with Crippen LogP contribution in [0.4, 0.5) is 0 Å².